The Kier molecular flexibility index (Phi) is 4.40. The Morgan fingerprint density at radius 2 is 2.06 bits per heavy atom. The van der Waals surface area contributed by atoms with Crippen molar-refractivity contribution in [3.63, 3.8) is 0 Å². The summed E-state index contributed by atoms with van der Waals surface area (Å²) < 4.78 is 5.72. The Bertz CT molecular complexity index is 451. The molecule has 0 spiro atoms. The van der Waals surface area contributed by atoms with E-state index in [9.17, 15) is 4.79 Å². The maximum Gasteiger partial charge on any atom is 0.251 e. The Labute approximate surface area is 112 Å². The van der Waals surface area contributed by atoms with Gasteiger partial charge in [-0.2, -0.15) is 0 Å². The fourth-order valence-corrected chi connectivity index (χ4v) is 2.77. The standard InChI is InChI=1S/C13H19ClN2O2/c1-18-13(6-4-2-3-5-7-13)12-15-10(9-14)8-11(17)16-12/h8H,2-7,9H2,1H3,(H,15,16,17). The molecule has 0 amide bonds. The number of alkyl halides is 1. The van der Waals surface area contributed by atoms with E-state index < -0.39 is 5.60 Å². The van der Waals surface area contributed by atoms with Gasteiger partial charge in [0.05, 0.1) is 11.6 Å². The van der Waals surface area contributed by atoms with Crippen LogP contribution < -0.4 is 5.56 Å². The smallest absolute Gasteiger partial charge is 0.251 e. The van der Waals surface area contributed by atoms with Gasteiger partial charge in [0.15, 0.2) is 0 Å². The van der Waals surface area contributed by atoms with Crippen LogP contribution in [0.15, 0.2) is 10.9 Å². The largest absolute Gasteiger partial charge is 0.370 e. The zero-order valence-corrected chi connectivity index (χ0v) is 11.4. The normalized spacial score (nSPS) is 19.4. The molecule has 2 rings (SSSR count). The molecule has 0 radical (unpaired) electrons. The maximum absolute atomic E-state index is 11.6. The lowest BCUT2D eigenvalue weighted by atomic mass is 9.93. The van der Waals surface area contributed by atoms with Gasteiger partial charge in [-0.15, -0.1) is 11.6 Å². The van der Waals surface area contributed by atoms with E-state index in [1.54, 1.807) is 7.11 Å². The number of aromatic nitrogens is 2. The second-order valence-electron chi connectivity index (χ2n) is 4.83. The Morgan fingerprint density at radius 3 is 2.61 bits per heavy atom. The molecule has 1 fully saturated rings. The van der Waals surface area contributed by atoms with Gasteiger partial charge in [0.25, 0.3) is 5.56 Å². The maximum atomic E-state index is 11.6. The summed E-state index contributed by atoms with van der Waals surface area (Å²) in [4.78, 5) is 18.9. The van der Waals surface area contributed by atoms with Crippen LogP contribution in [0.25, 0.3) is 0 Å². The first kappa shape index (κ1) is 13.6. The molecule has 1 N–H and O–H groups in total. The summed E-state index contributed by atoms with van der Waals surface area (Å²) >= 11 is 5.77. The van der Waals surface area contributed by atoms with E-state index in [4.69, 9.17) is 16.3 Å². The fourth-order valence-electron chi connectivity index (χ4n) is 2.63. The van der Waals surface area contributed by atoms with Crippen molar-refractivity contribution in [3.8, 4) is 0 Å². The first-order chi connectivity index (χ1) is 8.70. The second-order valence-corrected chi connectivity index (χ2v) is 5.10. The van der Waals surface area contributed by atoms with E-state index in [0.29, 0.717) is 11.5 Å². The molecule has 0 saturated heterocycles. The number of hydrogen-bond acceptors (Lipinski definition) is 3. The van der Waals surface area contributed by atoms with Crippen molar-refractivity contribution < 1.29 is 4.74 Å². The predicted octanol–water partition coefficient (Wildman–Crippen LogP) is 2.70. The van der Waals surface area contributed by atoms with Crippen molar-refractivity contribution >= 4 is 11.6 Å². The van der Waals surface area contributed by atoms with Gasteiger partial charge in [0.2, 0.25) is 0 Å². The third-order valence-electron chi connectivity index (χ3n) is 3.67. The summed E-state index contributed by atoms with van der Waals surface area (Å²) in [5.41, 5.74) is 0.00461. The van der Waals surface area contributed by atoms with Gasteiger partial charge < -0.3 is 9.72 Å². The number of ether oxygens (including phenoxy) is 1. The van der Waals surface area contributed by atoms with Crippen molar-refractivity contribution in [2.45, 2.75) is 50.0 Å². The molecule has 0 aromatic carbocycles. The summed E-state index contributed by atoms with van der Waals surface area (Å²) in [5, 5.41) is 0. The highest BCUT2D eigenvalue weighted by Gasteiger charge is 2.35. The zero-order valence-electron chi connectivity index (χ0n) is 10.7. The number of hydrogen-bond donors (Lipinski definition) is 1. The van der Waals surface area contributed by atoms with Crippen LogP contribution in [0.5, 0.6) is 0 Å². The van der Waals surface area contributed by atoms with Crippen LogP contribution in [-0.4, -0.2) is 17.1 Å². The molecule has 1 heterocycles. The molecule has 100 valence electrons. The van der Waals surface area contributed by atoms with E-state index in [1.807, 2.05) is 0 Å². The average Bonchev–Trinajstić information content (AvgIpc) is 2.64. The van der Waals surface area contributed by atoms with Gasteiger partial charge in [-0.1, -0.05) is 25.7 Å². The highest BCUT2D eigenvalue weighted by molar-refractivity contribution is 6.16. The first-order valence-corrected chi connectivity index (χ1v) is 6.95. The van der Waals surface area contributed by atoms with Crippen LogP contribution in [0.4, 0.5) is 0 Å². The molecule has 4 nitrogen and oxygen atoms in total. The topological polar surface area (TPSA) is 55.0 Å². The van der Waals surface area contributed by atoms with Crippen LogP contribution in [0.1, 0.15) is 50.0 Å². The number of methoxy groups -OCH3 is 1. The van der Waals surface area contributed by atoms with Gasteiger partial charge in [-0.05, 0) is 12.8 Å². The van der Waals surface area contributed by atoms with Gasteiger partial charge in [0, 0.05) is 13.2 Å². The van der Waals surface area contributed by atoms with Crippen LogP contribution in [-0.2, 0) is 16.2 Å². The number of aromatic amines is 1. The summed E-state index contributed by atoms with van der Waals surface area (Å²) in [6, 6.07) is 1.44. The van der Waals surface area contributed by atoms with Crippen LogP contribution in [0, 0.1) is 0 Å². The fraction of sp³-hybridized carbons (Fsp3) is 0.692. The van der Waals surface area contributed by atoms with Crippen molar-refractivity contribution in [2.75, 3.05) is 7.11 Å². The molecular formula is C13H19ClN2O2. The predicted molar refractivity (Wildman–Crippen MR) is 70.8 cm³/mol. The van der Waals surface area contributed by atoms with Crippen LogP contribution in [0.2, 0.25) is 0 Å². The minimum atomic E-state index is -0.447. The van der Waals surface area contributed by atoms with Crippen molar-refractivity contribution in [2.24, 2.45) is 0 Å². The minimum Gasteiger partial charge on any atom is -0.370 e. The Hall–Kier alpha value is -0.870. The SMILES string of the molecule is COC1(c2nc(CCl)cc(=O)[nH]2)CCCCCC1. The first-order valence-electron chi connectivity index (χ1n) is 6.42. The Balaban J connectivity index is 2.42. The minimum absolute atomic E-state index is 0.156. The lowest BCUT2D eigenvalue weighted by Gasteiger charge is -2.30. The van der Waals surface area contributed by atoms with Gasteiger partial charge >= 0.3 is 0 Å². The molecule has 0 atom stereocenters. The van der Waals surface area contributed by atoms with E-state index in [2.05, 4.69) is 9.97 Å². The molecule has 18 heavy (non-hydrogen) atoms. The van der Waals surface area contributed by atoms with Gasteiger partial charge in [-0.25, -0.2) is 4.98 Å². The lowest BCUT2D eigenvalue weighted by molar-refractivity contribution is -0.0354. The molecule has 0 aliphatic heterocycles. The van der Waals surface area contributed by atoms with Crippen molar-refractivity contribution in [1.82, 2.24) is 9.97 Å². The number of nitrogens with one attached hydrogen (secondary N) is 1. The van der Waals surface area contributed by atoms with E-state index in [1.165, 1.54) is 18.9 Å². The number of halogens is 1. The molecule has 1 aliphatic carbocycles. The third kappa shape index (κ3) is 2.75. The molecular weight excluding hydrogens is 252 g/mol. The molecule has 1 saturated carbocycles. The molecule has 1 aromatic rings. The lowest BCUT2D eigenvalue weighted by Crippen LogP contribution is -2.33. The highest BCUT2D eigenvalue weighted by Crippen LogP contribution is 2.36. The number of nitrogens with zero attached hydrogens (tertiary/aromatic N) is 1. The number of rotatable bonds is 3. The van der Waals surface area contributed by atoms with E-state index in [-0.39, 0.29) is 11.4 Å². The average molecular weight is 271 g/mol. The summed E-state index contributed by atoms with van der Waals surface area (Å²) in [6.07, 6.45) is 6.43. The molecule has 1 aromatic heterocycles. The van der Waals surface area contributed by atoms with Crippen molar-refractivity contribution in [1.29, 1.82) is 0 Å². The summed E-state index contributed by atoms with van der Waals surface area (Å²) in [6.45, 7) is 0. The van der Waals surface area contributed by atoms with Gasteiger partial charge in [0.1, 0.15) is 11.4 Å². The number of H-pyrrole nitrogens is 1. The van der Waals surface area contributed by atoms with Gasteiger partial charge in [-0.3, -0.25) is 4.79 Å². The van der Waals surface area contributed by atoms with Crippen LogP contribution in [0.3, 0.4) is 0 Å². The van der Waals surface area contributed by atoms with Crippen LogP contribution >= 0.6 is 11.6 Å². The molecule has 0 unspecified atom stereocenters. The van der Waals surface area contributed by atoms with Crippen molar-refractivity contribution in [3.05, 3.63) is 27.9 Å². The quantitative estimate of drug-likeness (QED) is 0.679. The second kappa shape index (κ2) is 5.85. The summed E-state index contributed by atoms with van der Waals surface area (Å²) in [5.74, 6) is 0.881. The highest BCUT2D eigenvalue weighted by atomic mass is 35.5. The third-order valence-corrected chi connectivity index (χ3v) is 3.94. The van der Waals surface area contributed by atoms with E-state index in [0.717, 1.165) is 25.7 Å². The molecule has 5 heteroatoms. The monoisotopic (exact) mass is 270 g/mol. The zero-order chi connectivity index (χ0) is 13.0. The summed E-state index contributed by atoms with van der Waals surface area (Å²) in [7, 11) is 1.69. The Morgan fingerprint density at radius 1 is 1.39 bits per heavy atom. The molecule has 0 bridgehead atoms. The molecule has 1 aliphatic rings. The van der Waals surface area contributed by atoms with E-state index >= 15 is 0 Å².